The first kappa shape index (κ1) is 18.9. The Morgan fingerprint density at radius 1 is 1.40 bits per heavy atom. The number of rotatable bonds is 4. The topological polar surface area (TPSA) is 111 Å². The number of hydrogen-bond acceptors (Lipinski definition) is 5. The number of benzene rings is 1. The summed E-state index contributed by atoms with van der Waals surface area (Å²) in [7, 11) is 0. The lowest BCUT2D eigenvalue weighted by Crippen LogP contribution is -2.47. The highest BCUT2D eigenvalue weighted by Crippen LogP contribution is 2.15. The van der Waals surface area contributed by atoms with E-state index in [1.807, 2.05) is 0 Å². The molecule has 0 saturated carbocycles. The van der Waals surface area contributed by atoms with Crippen molar-refractivity contribution in [2.45, 2.75) is 39.0 Å². The van der Waals surface area contributed by atoms with Crippen LogP contribution in [0.5, 0.6) is 0 Å². The zero-order chi connectivity index (χ0) is 18.8. The van der Waals surface area contributed by atoms with Crippen LogP contribution in [0.1, 0.15) is 20.8 Å². The van der Waals surface area contributed by atoms with Gasteiger partial charge in [0.1, 0.15) is 11.6 Å². The number of carbonyl (C=O) groups is 2. The van der Waals surface area contributed by atoms with E-state index in [2.05, 4.69) is 26.2 Å². The Morgan fingerprint density at radius 3 is 2.68 bits per heavy atom. The van der Waals surface area contributed by atoms with Gasteiger partial charge in [-0.05, 0) is 39.0 Å². The Balaban J connectivity index is 2.27. The summed E-state index contributed by atoms with van der Waals surface area (Å²) < 4.78 is 6.90. The molecule has 2 rings (SSSR count). The summed E-state index contributed by atoms with van der Waals surface area (Å²) in [5, 5.41) is 11.9. The van der Waals surface area contributed by atoms with Gasteiger partial charge in [-0.1, -0.05) is 15.9 Å². The maximum Gasteiger partial charge on any atom is 0.408 e. The predicted molar refractivity (Wildman–Crippen MR) is 94.5 cm³/mol. The third kappa shape index (κ3) is 5.02. The van der Waals surface area contributed by atoms with Crippen LogP contribution in [0.25, 0.3) is 10.9 Å². The first-order valence-corrected chi connectivity index (χ1v) is 8.23. The molecule has 1 aromatic heterocycles. The minimum Gasteiger partial charge on any atom is -0.480 e. The Hall–Kier alpha value is -2.42. The molecule has 0 aliphatic carbocycles. The number of alkyl carbamates (subject to hydrolysis) is 1. The molecule has 1 atom stereocenters. The Morgan fingerprint density at radius 2 is 2.08 bits per heavy atom. The highest BCUT2D eigenvalue weighted by molar-refractivity contribution is 9.10. The van der Waals surface area contributed by atoms with E-state index in [9.17, 15) is 19.5 Å². The lowest BCUT2D eigenvalue weighted by molar-refractivity contribution is -0.139. The third-order valence-corrected chi connectivity index (χ3v) is 3.65. The zero-order valence-corrected chi connectivity index (χ0v) is 15.5. The fourth-order valence-corrected chi connectivity index (χ4v) is 2.45. The second-order valence-corrected chi connectivity index (χ2v) is 7.32. The van der Waals surface area contributed by atoms with Crippen LogP contribution in [0.3, 0.4) is 0 Å². The van der Waals surface area contributed by atoms with Crippen molar-refractivity contribution in [2.24, 2.45) is 0 Å². The maximum absolute atomic E-state index is 12.5. The molecule has 1 amide bonds. The lowest BCUT2D eigenvalue weighted by Gasteiger charge is -2.22. The average Bonchev–Trinajstić information content (AvgIpc) is 2.47. The van der Waals surface area contributed by atoms with E-state index in [0.29, 0.717) is 15.4 Å². The van der Waals surface area contributed by atoms with Crippen molar-refractivity contribution in [3.8, 4) is 0 Å². The van der Waals surface area contributed by atoms with E-state index in [4.69, 9.17) is 4.74 Å². The molecule has 0 radical (unpaired) electrons. The van der Waals surface area contributed by atoms with E-state index in [-0.39, 0.29) is 6.54 Å². The number of fused-ring (bicyclic) bond motifs is 1. The molecule has 1 heterocycles. The van der Waals surface area contributed by atoms with Gasteiger partial charge in [0.15, 0.2) is 0 Å². The van der Waals surface area contributed by atoms with Crippen molar-refractivity contribution in [1.82, 2.24) is 14.9 Å². The maximum atomic E-state index is 12.5. The number of nitrogens with one attached hydrogen (secondary N) is 1. The number of amides is 1. The first-order valence-electron chi connectivity index (χ1n) is 7.44. The van der Waals surface area contributed by atoms with Crippen LogP contribution in [-0.4, -0.2) is 38.4 Å². The van der Waals surface area contributed by atoms with Gasteiger partial charge >= 0.3 is 12.1 Å². The highest BCUT2D eigenvalue weighted by atomic mass is 79.9. The fraction of sp³-hybridized carbons (Fsp3) is 0.375. The van der Waals surface area contributed by atoms with Crippen LogP contribution >= 0.6 is 15.9 Å². The van der Waals surface area contributed by atoms with E-state index < -0.39 is 29.3 Å². The predicted octanol–water partition coefficient (Wildman–Crippen LogP) is 2.14. The number of aliphatic carboxylic acids is 1. The number of halogens is 1. The molecule has 0 aliphatic rings. The average molecular weight is 412 g/mol. The standard InChI is InChI=1S/C16H18BrN3O5/c1-16(2,3)25-15(24)19-12(14(22)23)7-20-8-18-11-5-4-9(17)6-10(11)13(20)21/h4-6,8,12H,7H2,1-3H3,(H,19,24)(H,22,23). The largest absolute Gasteiger partial charge is 0.480 e. The summed E-state index contributed by atoms with van der Waals surface area (Å²) in [4.78, 5) is 39.9. The zero-order valence-electron chi connectivity index (χ0n) is 13.9. The number of aromatic nitrogens is 2. The highest BCUT2D eigenvalue weighted by Gasteiger charge is 2.25. The normalized spacial score (nSPS) is 12.6. The summed E-state index contributed by atoms with van der Waals surface area (Å²) in [5.74, 6) is -1.29. The van der Waals surface area contributed by atoms with Gasteiger partial charge in [0.2, 0.25) is 0 Å². The molecule has 2 N–H and O–H groups in total. The van der Waals surface area contributed by atoms with Crippen LogP contribution in [0.4, 0.5) is 4.79 Å². The lowest BCUT2D eigenvalue weighted by atomic mass is 10.2. The molecule has 0 aliphatic heterocycles. The van der Waals surface area contributed by atoms with Gasteiger partial charge in [-0.15, -0.1) is 0 Å². The molecule has 1 unspecified atom stereocenters. The summed E-state index contributed by atoms with van der Waals surface area (Å²) in [5.41, 5.74) is -0.666. The molecule has 1 aromatic carbocycles. The number of carboxylic acid groups (broad SMARTS) is 1. The molecule has 0 fully saturated rings. The van der Waals surface area contributed by atoms with Gasteiger partial charge in [0.25, 0.3) is 5.56 Å². The van der Waals surface area contributed by atoms with E-state index >= 15 is 0 Å². The van der Waals surface area contributed by atoms with Gasteiger partial charge in [0.05, 0.1) is 23.8 Å². The van der Waals surface area contributed by atoms with Crippen molar-refractivity contribution < 1.29 is 19.4 Å². The third-order valence-electron chi connectivity index (χ3n) is 3.15. The number of hydrogen-bond donors (Lipinski definition) is 2. The van der Waals surface area contributed by atoms with Gasteiger partial charge in [0, 0.05) is 4.47 Å². The summed E-state index contributed by atoms with van der Waals surface area (Å²) in [6, 6.07) is 3.71. The van der Waals surface area contributed by atoms with Crippen molar-refractivity contribution in [1.29, 1.82) is 0 Å². The number of carbonyl (C=O) groups excluding carboxylic acids is 1. The number of carboxylic acids is 1. The Bertz CT molecular complexity index is 872. The van der Waals surface area contributed by atoms with E-state index in [0.717, 1.165) is 4.57 Å². The van der Waals surface area contributed by atoms with Crippen LogP contribution in [-0.2, 0) is 16.1 Å². The summed E-state index contributed by atoms with van der Waals surface area (Å²) >= 11 is 3.28. The summed E-state index contributed by atoms with van der Waals surface area (Å²) in [6.45, 7) is 4.72. The number of nitrogens with zero attached hydrogens (tertiary/aromatic N) is 2. The Labute approximate surface area is 151 Å². The molecule has 134 valence electrons. The van der Waals surface area contributed by atoms with Gasteiger partial charge in [-0.2, -0.15) is 0 Å². The minimum atomic E-state index is -1.33. The van der Waals surface area contributed by atoms with Crippen molar-refractivity contribution in [3.63, 3.8) is 0 Å². The SMILES string of the molecule is CC(C)(C)OC(=O)NC(Cn1cnc2ccc(Br)cc2c1=O)C(=O)O. The van der Waals surface area contributed by atoms with Crippen molar-refractivity contribution >= 4 is 38.9 Å². The smallest absolute Gasteiger partial charge is 0.408 e. The quantitative estimate of drug-likeness (QED) is 0.796. The molecular weight excluding hydrogens is 394 g/mol. The minimum absolute atomic E-state index is 0.275. The Kier molecular flexibility index (Phi) is 5.46. The fourth-order valence-electron chi connectivity index (χ4n) is 2.09. The second kappa shape index (κ2) is 7.22. The van der Waals surface area contributed by atoms with E-state index in [1.54, 1.807) is 39.0 Å². The first-order chi connectivity index (χ1) is 11.6. The van der Waals surface area contributed by atoms with Crippen molar-refractivity contribution in [3.05, 3.63) is 39.4 Å². The van der Waals surface area contributed by atoms with Crippen LogP contribution in [0.15, 0.2) is 33.8 Å². The molecule has 8 nitrogen and oxygen atoms in total. The van der Waals surface area contributed by atoms with Crippen molar-refractivity contribution in [2.75, 3.05) is 0 Å². The van der Waals surface area contributed by atoms with Gasteiger partial charge < -0.3 is 15.2 Å². The molecule has 2 aromatic rings. The molecule has 9 heteroatoms. The van der Waals surface area contributed by atoms with Gasteiger partial charge in [-0.25, -0.2) is 14.6 Å². The van der Waals surface area contributed by atoms with E-state index in [1.165, 1.54) is 6.33 Å². The van der Waals surface area contributed by atoms with Crippen LogP contribution < -0.4 is 10.9 Å². The monoisotopic (exact) mass is 411 g/mol. The molecule has 0 bridgehead atoms. The number of ether oxygens (including phenoxy) is 1. The molecule has 0 spiro atoms. The molecule has 0 saturated heterocycles. The van der Waals surface area contributed by atoms with Crippen LogP contribution in [0.2, 0.25) is 0 Å². The summed E-state index contributed by atoms with van der Waals surface area (Å²) in [6.07, 6.45) is 0.384. The molecule has 25 heavy (non-hydrogen) atoms. The molecular formula is C16H18BrN3O5. The van der Waals surface area contributed by atoms with Crippen LogP contribution in [0, 0.1) is 0 Å². The second-order valence-electron chi connectivity index (χ2n) is 6.40. The van der Waals surface area contributed by atoms with Gasteiger partial charge in [-0.3, -0.25) is 9.36 Å².